The average molecular weight is 442 g/mol. The predicted molar refractivity (Wildman–Crippen MR) is 146 cm³/mol. The minimum absolute atomic E-state index is 0.508. The molecule has 0 unspecified atom stereocenters. The van der Waals surface area contributed by atoms with Gasteiger partial charge in [0.15, 0.2) is 0 Å². The lowest BCUT2D eigenvalue weighted by Crippen LogP contribution is -2.33. The molecule has 0 aliphatic rings. The Bertz CT molecular complexity index is 1330. The highest BCUT2D eigenvalue weighted by Gasteiger charge is 2.39. The number of quaternary nitrogens is 1. The predicted octanol–water partition coefficient (Wildman–Crippen LogP) is 9.35. The summed E-state index contributed by atoms with van der Waals surface area (Å²) >= 11 is 0. The summed E-state index contributed by atoms with van der Waals surface area (Å²) in [5, 5.41) is 3.54. The molecular weight excluding hydrogens is 412 g/mol. The second kappa shape index (κ2) is 9.38. The van der Waals surface area contributed by atoms with Crippen molar-refractivity contribution in [2.75, 3.05) is 5.32 Å². The first-order valence-electron chi connectivity index (χ1n) is 11.7. The molecule has 5 aromatic carbocycles. The molecule has 0 atom stereocenters. The molecule has 0 aliphatic carbocycles. The third-order valence-electron chi connectivity index (χ3n) is 6.24. The topological polar surface area (TPSA) is 12.0 Å². The van der Waals surface area contributed by atoms with Crippen LogP contribution in [0.3, 0.4) is 0 Å². The van der Waals surface area contributed by atoms with Crippen molar-refractivity contribution in [2.24, 2.45) is 0 Å². The van der Waals surface area contributed by atoms with E-state index in [9.17, 15) is 0 Å². The van der Waals surface area contributed by atoms with Crippen molar-refractivity contribution < 1.29 is 0 Å². The molecule has 0 fully saturated rings. The molecule has 0 radical (unpaired) electrons. The lowest BCUT2D eigenvalue weighted by atomic mass is 10.0. The Morgan fingerprint density at radius 3 is 1.47 bits per heavy atom. The molecule has 2 nitrogen and oxygen atoms in total. The Hall–Kier alpha value is -4.14. The van der Waals surface area contributed by atoms with Gasteiger partial charge >= 0.3 is 0 Å². The fourth-order valence-corrected chi connectivity index (χ4v) is 4.69. The van der Waals surface area contributed by atoms with Crippen LogP contribution in [0.2, 0.25) is 0 Å². The van der Waals surface area contributed by atoms with Crippen LogP contribution in [0.15, 0.2) is 133 Å². The summed E-state index contributed by atoms with van der Waals surface area (Å²) in [7, 11) is 0. The van der Waals surface area contributed by atoms with E-state index in [0.717, 1.165) is 11.4 Å². The second-order valence-corrected chi connectivity index (χ2v) is 8.72. The van der Waals surface area contributed by atoms with Crippen LogP contribution < -0.4 is 9.80 Å². The molecule has 34 heavy (non-hydrogen) atoms. The van der Waals surface area contributed by atoms with Crippen molar-refractivity contribution in [3.8, 4) is 0 Å². The van der Waals surface area contributed by atoms with E-state index in [1.807, 2.05) is 0 Å². The van der Waals surface area contributed by atoms with E-state index in [4.69, 9.17) is 0 Å². The van der Waals surface area contributed by atoms with Crippen LogP contribution in [0.4, 0.5) is 34.1 Å². The molecule has 5 rings (SSSR count). The van der Waals surface area contributed by atoms with Gasteiger partial charge in [0.1, 0.15) is 22.7 Å². The normalized spacial score (nSPS) is 11.2. The number of hydrogen-bond acceptors (Lipinski definition) is 1. The number of hydrogen-bond donors (Lipinski definition) is 1. The summed E-state index contributed by atoms with van der Waals surface area (Å²) in [6.07, 6.45) is 0. The lowest BCUT2D eigenvalue weighted by molar-refractivity contribution is 0.703. The number of anilines is 2. The van der Waals surface area contributed by atoms with E-state index in [-0.39, 0.29) is 0 Å². The number of rotatable bonds is 6. The van der Waals surface area contributed by atoms with Crippen LogP contribution in [-0.4, -0.2) is 0 Å². The van der Waals surface area contributed by atoms with Gasteiger partial charge in [-0.1, -0.05) is 60.7 Å². The zero-order valence-electron chi connectivity index (χ0n) is 19.6. The van der Waals surface area contributed by atoms with Crippen molar-refractivity contribution in [2.45, 2.75) is 13.8 Å². The van der Waals surface area contributed by atoms with Crippen molar-refractivity contribution in [3.05, 3.63) is 145 Å². The molecule has 0 saturated heterocycles. The van der Waals surface area contributed by atoms with Crippen LogP contribution >= 0.6 is 0 Å². The maximum absolute atomic E-state index is 3.54. The molecule has 0 saturated carbocycles. The number of aryl methyl sites for hydroxylation is 2. The number of nitrogens with zero attached hydrogens (tertiary/aromatic N) is 1. The van der Waals surface area contributed by atoms with E-state index in [0.29, 0.717) is 4.48 Å². The molecule has 166 valence electrons. The van der Waals surface area contributed by atoms with Crippen molar-refractivity contribution in [1.82, 2.24) is 4.48 Å². The van der Waals surface area contributed by atoms with Crippen molar-refractivity contribution in [3.63, 3.8) is 0 Å². The Labute approximate surface area is 202 Å². The SMILES string of the molecule is Cc1cccc(Nc2ccc([N+](c3ccccc3)(c3ccccc3)c3cccc(C)c3)cc2)c1. The first-order chi connectivity index (χ1) is 16.7. The third-order valence-corrected chi connectivity index (χ3v) is 6.24. The standard InChI is InChI=1S/C32H29N2/c1-25-11-9-13-28(23-25)33-27-19-21-31(22-20-27)34(29-14-5-3-6-15-29,30-16-7-4-8-17-30)32-18-10-12-26(2)24-32/h3-24,33H,1-2H3/q+1. The van der Waals surface area contributed by atoms with Gasteiger partial charge in [-0.2, -0.15) is 4.48 Å². The molecular formula is C32H29N2+. The molecule has 5 aromatic rings. The Morgan fingerprint density at radius 2 is 0.912 bits per heavy atom. The zero-order chi connectivity index (χ0) is 23.4. The summed E-state index contributed by atoms with van der Waals surface area (Å²) in [6, 6.07) is 47.6. The van der Waals surface area contributed by atoms with Gasteiger partial charge in [-0.3, -0.25) is 0 Å². The zero-order valence-corrected chi connectivity index (χ0v) is 19.6. The first kappa shape index (κ1) is 21.7. The molecule has 0 amide bonds. The largest absolute Gasteiger partial charge is 0.356 e. The molecule has 0 heterocycles. The quantitative estimate of drug-likeness (QED) is 0.259. The fraction of sp³-hybridized carbons (Fsp3) is 0.0625. The minimum Gasteiger partial charge on any atom is -0.356 e. The summed E-state index contributed by atoms with van der Waals surface area (Å²) in [5.74, 6) is 0. The Morgan fingerprint density at radius 1 is 0.412 bits per heavy atom. The molecule has 0 aliphatic heterocycles. The van der Waals surface area contributed by atoms with Gasteiger partial charge in [-0.25, -0.2) is 0 Å². The smallest absolute Gasteiger partial charge is 0.148 e. The highest BCUT2D eigenvalue weighted by Crippen LogP contribution is 2.51. The van der Waals surface area contributed by atoms with Crippen LogP contribution in [0.1, 0.15) is 11.1 Å². The maximum Gasteiger partial charge on any atom is 0.148 e. The van der Waals surface area contributed by atoms with Crippen LogP contribution in [-0.2, 0) is 0 Å². The molecule has 2 heteroatoms. The van der Waals surface area contributed by atoms with E-state index in [2.05, 4.69) is 153 Å². The molecule has 1 N–H and O–H groups in total. The monoisotopic (exact) mass is 441 g/mol. The van der Waals surface area contributed by atoms with Gasteiger partial charge in [0.05, 0.1) is 0 Å². The van der Waals surface area contributed by atoms with Gasteiger partial charge in [-0.15, -0.1) is 0 Å². The highest BCUT2D eigenvalue weighted by atomic mass is 15.4. The molecule has 0 aromatic heterocycles. The van der Waals surface area contributed by atoms with Gasteiger partial charge < -0.3 is 5.32 Å². The van der Waals surface area contributed by atoms with Gasteiger partial charge in [0, 0.05) is 59.9 Å². The minimum atomic E-state index is 0.508. The van der Waals surface area contributed by atoms with E-state index >= 15 is 0 Å². The van der Waals surface area contributed by atoms with Gasteiger partial charge in [0.2, 0.25) is 0 Å². The maximum atomic E-state index is 3.54. The van der Waals surface area contributed by atoms with Crippen molar-refractivity contribution >= 4 is 34.1 Å². The van der Waals surface area contributed by atoms with E-state index in [1.165, 1.54) is 33.9 Å². The van der Waals surface area contributed by atoms with Crippen LogP contribution in [0, 0.1) is 13.8 Å². The van der Waals surface area contributed by atoms with E-state index < -0.39 is 0 Å². The lowest BCUT2D eigenvalue weighted by Gasteiger charge is -2.37. The Kier molecular flexibility index (Phi) is 5.99. The first-order valence-corrected chi connectivity index (χ1v) is 11.7. The Balaban J connectivity index is 1.70. The van der Waals surface area contributed by atoms with E-state index in [1.54, 1.807) is 0 Å². The summed E-state index contributed by atoms with van der Waals surface area (Å²) in [6.45, 7) is 4.27. The van der Waals surface area contributed by atoms with Gasteiger partial charge in [0.25, 0.3) is 0 Å². The summed E-state index contributed by atoms with van der Waals surface area (Å²) in [4.78, 5) is 0. The average Bonchev–Trinajstić information content (AvgIpc) is 2.87. The van der Waals surface area contributed by atoms with Crippen LogP contribution in [0.5, 0.6) is 0 Å². The molecule has 0 bridgehead atoms. The number of para-hydroxylation sites is 2. The summed E-state index contributed by atoms with van der Waals surface area (Å²) < 4.78 is 0.508. The third kappa shape index (κ3) is 4.12. The second-order valence-electron chi connectivity index (χ2n) is 8.72. The fourth-order valence-electron chi connectivity index (χ4n) is 4.69. The van der Waals surface area contributed by atoms with Crippen LogP contribution in [0.25, 0.3) is 0 Å². The highest BCUT2D eigenvalue weighted by molar-refractivity contribution is 5.82. The number of nitrogens with one attached hydrogen (secondary N) is 1. The summed E-state index contributed by atoms with van der Waals surface area (Å²) in [5.41, 5.74) is 9.41. The molecule has 0 spiro atoms. The van der Waals surface area contributed by atoms with Gasteiger partial charge in [-0.05, 0) is 49.2 Å². The van der Waals surface area contributed by atoms with Crippen molar-refractivity contribution in [1.29, 1.82) is 0 Å². The number of benzene rings is 5.